The smallest absolute Gasteiger partial charge is 0.353 e. The Morgan fingerprint density at radius 1 is 1.05 bits per heavy atom. The molecule has 1 aromatic heterocycles. The van der Waals surface area contributed by atoms with Crippen molar-refractivity contribution < 1.29 is 29.3 Å². The number of hydrogen-bond acceptors (Lipinski definition) is 5. The van der Waals surface area contributed by atoms with E-state index < -0.39 is 11.9 Å². The molecule has 0 aliphatic rings. The van der Waals surface area contributed by atoms with Gasteiger partial charge in [-0.05, 0) is 12.1 Å². The van der Waals surface area contributed by atoms with Gasteiger partial charge in [-0.15, -0.1) is 0 Å². The van der Waals surface area contributed by atoms with Crippen molar-refractivity contribution in [2.75, 3.05) is 14.2 Å². The maximum atomic E-state index is 11.2. The summed E-state index contributed by atoms with van der Waals surface area (Å²) in [4.78, 5) is 22.1. The predicted molar refractivity (Wildman–Crippen MR) is 71.0 cm³/mol. The summed E-state index contributed by atoms with van der Waals surface area (Å²) < 4.78 is 10.2. The lowest BCUT2D eigenvalue weighted by Gasteiger charge is -2.11. The van der Waals surface area contributed by atoms with Crippen LogP contribution in [-0.2, 0) is 0 Å². The highest BCUT2D eigenvalue weighted by Gasteiger charge is 2.19. The van der Waals surface area contributed by atoms with E-state index in [0.29, 0.717) is 11.3 Å². The van der Waals surface area contributed by atoms with Crippen molar-refractivity contribution in [3.63, 3.8) is 0 Å². The molecule has 0 aliphatic carbocycles. The number of rotatable bonds is 5. The van der Waals surface area contributed by atoms with E-state index in [9.17, 15) is 14.7 Å². The standard InChI is InChI=1S/C13H12N2O6/c1-20-10-5-11(21-2)7(12(16)17)3-6(10)8-4-9(13(18)19)15-14-8/h3-5H,1-2H3,(H,14,15)(H,16,17)(H,18,19). The van der Waals surface area contributed by atoms with Crippen molar-refractivity contribution in [1.82, 2.24) is 10.2 Å². The van der Waals surface area contributed by atoms with Gasteiger partial charge in [0, 0.05) is 11.6 Å². The maximum Gasteiger partial charge on any atom is 0.353 e. The molecule has 0 fully saturated rings. The van der Waals surface area contributed by atoms with E-state index in [1.165, 1.54) is 32.4 Å². The van der Waals surface area contributed by atoms with Crippen LogP contribution in [0.1, 0.15) is 20.8 Å². The fourth-order valence-corrected chi connectivity index (χ4v) is 1.84. The van der Waals surface area contributed by atoms with Crippen LogP contribution in [0.5, 0.6) is 11.5 Å². The molecule has 0 saturated carbocycles. The molecule has 2 aromatic rings. The molecule has 0 amide bonds. The molecule has 110 valence electrons. The molecule has 8 nitrogen and oxygen atoms in total. The van der Waals surface area contributed by atoms with Crippen LogP contribution in [0.2, 0.25) is 0 Å². The number of nitrogens with zero attached hydrogens (tertiary/aromatic N) is 1. The molecule has 8 heteroatoms. The van der Waals surface area contributed by atoms with E-state index in [1.54, 1.807) is 0 Å². The number of methoxy groups -OCH3 is 2. The second-order valence-corrected chi connectivity index (χ2v) is 4.03. The Morgan fingerprint density at radius 2 is 1.71 bits per heavy atom. The third kappa shape index (κ3) is 2.64. The molecule has 0 atom stereocenters. The number of carboxylic acids is 2. The lowest BCUT2D eigenvalue weighted by atomic mass is 10.1. The SMILES string of the molecule is COc1cc(OC)c(-c2cc(C(=O)O)[nH]n2)cc1C(=O)O. The lowest BCUT2D eigenvalue weighted by Crippen LogP contribution is -2.02. The Hall–Kier alpha value is -3.03. The van der Waals surface area contributed by atoms with Gasteiger partial charge in [-0.1, -0.05) is 0 Å². The third-order valence-electron chi connectivity index (χ3n) is 2.84. The minimum atomic E-state index is -1.18. The van der Waals surface area contributed by atoms with Crippen LogP contribution in [0.25, 0.3) is 11.3 Å². The molecule has 0 radical (unpaired) electrons. The number of aromatic amines is 1. The van der Waals surface area contributed by atoms with Crippen LogP contribution in [0.3, 0.4) is 0 Å². The first-order chi connectivity index (χ1) is 9.97. The number of benzene rings is 1. The summed E-state index contributed by atoms with van der Waals surface area (Å²) in [6.45, 7) is 0. The highest BCUT2D eigenvalue weighted by Crippen LogP contribution is 2.35. The van der Waals surface area contributed by atoms with E-state index in [4.69, 9.17) is 14.6 Å². The average molecular weight is 292 g/mol. The zero-order valence-electron chi connectivity index (χ0n) is 11.2. The van der Waals surface area contributed by atoms with E-state index in [1.807, 2.05) is 0 Å². The second-order valence-electron chi connectivity index (χ2n) is 4.03. The molecular weight excluding hydrogens is 280 g/mol. The topological polar surface area (TPSA) is 122 Å². The zero-order chi connectivity index (χ0) is 15.6. The van der Waals surface area contributed by atoms with Crippen molar-refractivity contribution in [1.29, 1.82) is 0 Å². The Labute approximate surface area is 118 Å². The van der Waals surface area contributed by atoms with Gasteiger partial charge in [0.1, 0.15) is 22.8 Å². The van der Waals surface area contributed by atoms with Crippen LogP contribution >= 0.6 is 0 Å². The summed E-state index contributed by atoms with van der Waals surface area (Å²) >= 11 is 0. The van der Waals surface area contributed by atoms with Crippen LogP contribution in [0, 0.1) is 0 Å². The number of aromatic nitrogens is 2. The first kappa shape index (κ1) is 14.4. The molecule has 0 bridgehead atoms. The van der Waals surface area contributed by atoms with Gasteiger partial charge in [-0.2, -0.15) is 5.10 Å². The normalized spacial score (nSPS) is 10.2. The van der Waals surface area contributed by atoms with Crippen molar-refractivity contribution in [2.45, 2.75) is 0 Å². The van der Waals surface area contributed by atoms with Gasteiger partial charge in [-0.25, -0.2) is 9.59 Å². The minimum absolute atomic E-state index is 0.0758. The summed E-state index contributed by atoms with van der Waals surface area (Å²) in [5.74, 6) is -1.89. The van der Waals surface area contributed by atoms with Gasteiger partial charge in [0.15, 0.2) is 0 Å². The summed E-state index contributed by atoms with van der Waals surface area (Å²) in [6.07, 6.45) is 0. The number of aromatic carboxylic acids is 2. The van der Waals surface area contributed by atoms with Gasteiger partial charge in [0.05, 0.1) is 19.9 Å². The summed E-state index contributed by atoms with van der Waals surface area (Å²) in [7, 11) is 2.75. The second kappa shape index (κ2) is 5.53. The van der Waals surface area contributed by atoms with Crippen LogP contribution in [-0.4, -0.2) is 46.6 Å². The number of H-pyrrole nitrogens is 1. The fourth-order valence-electron chi connectivity index (χ4n) is 1.84. The monoisotopic (exact) mass is 292 g/mol. The first-order valence-electron chi connectivity index (χ1n) is 5.76. The summed E-state index contributed by atoms with van der Waals surface area (Å²) in [5, 5.41) is 24.3. The average Bonchev–Trinajstić information content (AvgIpc) is 2.95. The van der Waals surface area contributed by atoms with Gasteiger partial charge in [-0.3, -0.25) is 5.10 Å². The Bertz CT molecular complexity index is 707. The van der Waals surface area contributed by atoms with Crippen LogP contribution in [0.15, 0.2) is 18.2 Å². The predicted octanol–water partition coefficient (Wildman–Crippen LogP) is 1.49. The van der Waals surface area contributed by atoms with Crippen LogP contribution < -0.4 is 9.47 Å². The number of ether oxygens (including phenoxy) is 2. The molecule has 0 aliphatic heterocycles. The zero-order valence-corrected chi connectivity index (χ0v) is 11.2. The van der Waals surface area contributed by atoms with E-state index in [2.05, 4.69) is 10.2 Å². The van der Waals surface area contributed by atoms with E-state index in [0.717, 1.165) is 0 Å². The molecule has 1 aromatic carbocycles. The lowest BCUT2D eigenvalue weighted by molar-refractivity contribution is 0.0681. The van der Waals surface area contributed by atoms with Gasteiger partial charge >= 0.3 is 11.9 Å². The molecule has 0 saturated heterocycles. The van der Waals surface area contributed by atoms with Crippen molar-refractivity contribution in [3.8, 4) is 22.8 Å². The minimum Gasteiger partial charge on any atom is -0.496 e. The van der Waals surface area contributed by atoms with Crippen molar-refractivity contribution in [2.24, 2.45) is 0 Å². The number of carbonyl (C=O) groups is 2. The van der Waals surface area contributed by atoms with Gasteiger partial charge in [0.25, 0.3) is 0 Å². The molecular formula is C13H12N2O6. The molecule has 0 unspecified atom stereocenters. The Morgan fingerprint density at radius 3 is 2.19 bits per heavy atom. The maximum absolute atomic E-state index is 11.2. The largest absolute Gasteiger partial charge is 0.496 e. The van der Waals surface area contributed by atoms with Crippen molar-refractivity contribution in [3.05, 3.63) is 29.5 Å². The highest BCUT2D eigenvalue weighted by molar-refractivity contribution is 5.94. The third-order valence-corrected chi connectivity index (χ3v) is 2.84. The number of nitrogens with one attached hydrogen (secondary N) is 1. The Kier molecular flexibility index (Phi) is 3.79. The first-order valence-corrected chi connectivity index (χ1v) is 5.76. The van der Waals surface area contributed by atoms with Crippen LogP contribution in [0.4, 0.5) is 0 Å². The van der Waals surface area contributed by atoms with Gasteiger partial charge in [0.2, 0.25) is 0 Å². The molecule has 3 N–H and O–H groups in total. The fraction of sp³-hybridized carbons (Fsp3) is 0.154. The summed E-state index contributed by atoms with van der Waals surface area (Å²) in [6, 6.07) is 4.02. The molecule has 2 rings (SSSR count). The molecule has 0 spiro atoms. The molecule has 1 heterocycles. The van der Waals surface area contributed by atoms with Crippen molar-refractivity contribution >= 4 is 11.9 Å². The quantitative estimate of drug-likeness (QED) is 0.763. The van der Waals surface area contributed by atoms with E-state index >= 15 is 0 Å². The van der Waals surface area contributed by atoms with E-state index in [-0.39, 0.29) is 22.7 Å². The highest BCUT2D eigenvalue weighted by atomic mass is 16.5. The number of hydrogen-bond donors (Lipinski definition) is 3. The molecule has 21 heavy (non-hydrogen) atoms. The Balaban J connectivity index is 2.62. The van der Waals surface area contributed by atoms with Gasteiger partial charge < -0.3 is 19.7 Å². The summed E-state index contributed by atoms with van der Waals surface area (Å²) in [5.41, 5.74) is 0.418. The number of carboxylic acid groups (broad SMARTS) is 2.